The van der Waals surface area contributed by atoms with Gasteiger partial charge in [0.2, 0.25) is 11.8 Å². The van der Waals surface area contributed by atoms with Crippen LogP contribution in [0.3, 0.4) is 0 Å². The van der Waals surface area contributed by atoms with Crippen LogP contribution in [0.2, 0.25) is 5.02 Å². The molecule has 0 atom stereocenters. The monoisotopic (exact) mass is 357 g/mol. The molecule has 1 heterocycles. The highest BCUT2D eigenvalue weighted by Gasteiger charge is 2.14. The average Bonchev–Trinajstić information content (AvgIpc) is 3.11. The number of ether oxygens (including phenoxy) is 1. The maximum absolute atomic E-state index is 12.0. The second kappa shape index (κ2) is 7.81. The largest absolute Gasteiger partial charge is 0.496 e. The molecule has 25 heavy (non-hydrogen) atoms. The molecule has 128 valence electrons. The van der Waals surface area contributed by atoms with Gasteiger partial charge in [0.25, 0.3) is 5.89 Å². The van der Waals surface area contributed by atoms with Crippen LogP contribution in [0.15, 0.2) is 52.9 Å². The number of halogens is 1. The molecule has 0 aliphatic carbocycles. The van der Waals surface area contributed by atoms with Crippen molar-refractivity contribution in [3.63, 3.8) is 0 Å². The summed E-state index contributed by atoms with van der Waals surface area (Å²) in [6.07, 6.45) is 0.581. The molecule has 0 aliphatic rings. The molecular formula is C18H16ClN3O3. The number of carbonyl (C=O) groups is 1. The highest BCUT2D eigenvalue weighted by molar-refractivity contribution is 6.30. The van der Waals surface area contributed by atoms with Crippen molar-refractivity contribution in [2.45, 2.75) is 12.8 Å². The van der Waals surface area contributed by atoms with Gasteiger partial charge in [-0.2, -0.15) is 0 Å². The van der Waals surface area contributed by atoms with Crippen molar-refractivity contribution in [2.24, 2.45) is 0 Å². The Morgan fingerprint density at radius 3 is 2.68 bits per heavy atom. The summed E-state index contributed by atoms with van der Waals surface area (Å²) in [5.74, 6) is 1.27. The van der Waals surface area contributed by atoms with E-state index in [4.69, 9.17) is 20.8 Å². The number of para-hydroxylation sites is 1. The van der Waals surface area contributed by atoms with Crippen molar-refractivity contribution >= 4 is 23.2 Å². The number of aryl methyl sites for hydroxylation is 1. The van der Waals surface area contributed by atoms with Gasteiger partial charge in [0, 0.05) is 23.6 Å². The third-order valence-electron chi connectivity index (χ3n) is 3.50. The normalized spacial score (nSPS) is 10.5. The second-order valence-electron chi connectivity index (χ2n) is 5.26. The van der Waals surface area contributed by atoms with Crippen LogP contribution in [-0.2, 0) is 11.2 Å². The van der Waals surface area contributed by atoms with Crippen molar-refractivity contribution < 1.29 is 13.9 Å². The van der Waals surface area contributed by atoms with Crippen molar-refractivity contribution in [1.29, 1.82) is 0 Å². The molecule has 2 aromatic carbocycles. The molecule has 0 aliphatic heterocycles. The van der Waals surface area contributed by atoms with Gasteiger partial charge in [-0.15, -0.1) is 10.2 Å². The van der Waals surface area contributed by atoms with Crippen LogP contribution in [0.1, 0.15) is 12.3 Å². The zero-order chi connectivity index (χ0) is 17.6. The van der Waals surface area contributed by atoms with Gasteiger partial charge in [0.1, 0.15) is 5.75 Å². The Balaban J connectivity index is 1.60. The van der Waals surface area contributed by atoms with Gasteiger partial charge in [-0.1, -0.05) is 23.7 Å². The smallest absolute Gasteiger partial charge is 0.251 e. The summed E-state index contributed by atoms with van der Waals surface area (Å²) in [4.78, 5) is 12.0. The van der Waals surface area contributed by atoms with Crippen LogP contribution in [0.25, 0.3) is 11.5 Å². The van der Waals surface area contributed by atoms with Crippen LogP contribution in [-0.4, -0.2) is 23.2 Å². The highest BCUT2D eigenvalue weighted by Crippen LogP contribution is 2.28. The summed E-state index contributed by atoms with van der Waals surface area (Å²) < 4.78 is 10.9. The fourth-order valence-corrected chi connectivity index (χ4v) is 2.39. The number of anilines is 1. The lowest BCUT2D eigenvalue weighted by Gasteiger charge is -2.04. The second-order valence-corrected chi connectivity index (χ2v) is 5.69. The lowest BCUT2D eigenvalue weighted by molar-refractivity contribution is -0.116. The third kappa shape index (κ3) is 4.36. The van der Waals surface area contributed by atoms with E-state index >= 15 is 0 Å². The molecule has 0 saturated carbocycles. The van der Waals surface area contributed by atoms with Crippen molar-refractivity contribution in [1.82, 2.24) is 10.2 Å². The summed E-state index contributed by atoms with van der Waals surface area (Å²) in [6.45, 7) is 0. The lowest BCUT2D eigenvalue weighted by Crippen LogP contribution is -2.12. The molecule has 3 aromatic rings. The Bertz CT molecular complexity index is 862. The predicted octanol–water partition coefficient (Wildman–Crippen LogP) is 3.97. The van der Waals surface area contributed by atoms with E-state index in [1.807, 2.05) is 24.3 Å². The van der Waals surface area contributed by atoms with Gasteiger partial charge in [-0.25, -0.2) is 0 Å². The van der Waals surface area contributed by atoms with Crippen LogP contribution in [0, 0.1) is 0 Å². The third-order valence-corrected chi connectivity index (χ3v) is 3.75. The number of methoxy groups -OCH3 is 1. The minimum Gasteiger partial charge on any atom is -0.496 e. The molecular weight excluding hydrogens is 342 g/mol. The van der Waals surface area contributed by atoms with Crippen LogP contribution >= 0.6 is 11.6 Å². The summed E-state index contributed by atoms with van der Waals surface area (Å²) >= 11 is 5.81. The summed E-state index contributed by atoms with van der Waals surface area (Å²) in [5.41, 5.74) is 1.41. The number of hydrogen-bond acceptors (Lipinski definition) is 5. The van der Waals surface area contributed by atoms with E-state index in [0.717, 1.165) is 5.56 Å². The van der Waals surface area contributed by atoms with E-state index in [2.05, 4.69) is 15.5 Å². The zero-order valence-electron chi connectivity index (χ0n) is 13.5. The minimum absolute atomic E-state index is 0.139. The first kappa shape index (κ1) is 17.0. The van der Waals surface area contributed by atoms with Gasteiger partial charge in [0.15, 0.2) is 0 Å². The van der Waals surface area contributed by atoms with Crippen molar-refractivity contribution in [3.05, 3.63) is 59.4 Å². The van der Waals surface area contributed by atoms with Gasteiger partial charge >= 0.3 is 0 Å². The van der Waals surface area contributed by atoms with Gasteiger partial charge in [0.05, 0.1) is 12.7 Å². The van der Waals surface area contributed by atoms with Crippen LogP contribution < -0.4 is 10.1 Å². The molecule has 0 saturated heterocycles. The number of hydrogen-bond donors (Lipinski definition) is 1. The van der Waals surface area contributed by atoms with Crippen molar-refractivity contribution in [3.8, 4) is 17.2 Å². The number of rotatable bonds is 6. The Labute approximate surface area is 149 Å². The number of benzene rings is 2. The van der Waals surface area contributed by atoms with E-state index in [-0.39, 0.29) is 12.3 Å². The summed E-state index contributed by atoms with van der Waals surface area (Å²) in [7, 11) is 1.58. The van der Waals surface area contributed by atoms with Gasteiger partial charge in [-0.3, -0.25) is 4.79 Å². The SMILES string of the molecule is COc1ccccc1-c1nnc(CCC(=O)Nc2ccc(Cl)cc2)o1. The molecule has 1 amide bonds. The van der Waals surface area contributed by atoms with Crippen LogP contribution in [0.5, 0.6) is 5.75 Å². The topological polar surface area (TPSA) is 77.2 Å². The molecule has 0 radical (unpaired) electrons. The molecule has 1 aromatic heterocycles. The Morgan fingerprint density at radius 2 is 1.92 bits per heavy atom. The van der Waals surface area contributed by atoms with E-state index in [0.29, 0.717) is 34.7 Å². The molecule has 3 rings (SSSR count). The van der Waals surface area contributed by atoms with E-state index < -0.39 is 0 Å². The fraction of sp³-hybridized carbons (Fsp3) is 0.167. The van der Waals surface area contributed by atoms with Crippen molar-refractivity contribution in [2.75, 3.05) is 12.4 Å². The van der Waals surface area contributed by atoms with Gasteiger partial charge < -0.3 is 14.5 Å². The lowest BCUT2D eigenvalue weighted by atomic mass is 10.2. The molecule has 0 spiro atoms. The molecule has 0 fully saturated rings. The summed E-state index contributed by atoms with van der Waals surface area (Å²) in [5, 5.41) is 11.4. The number of nitrogens with zero attached hydrogens (tertiary/aromatic N) is 2. The predicted molar refractivity (Wildman–Crippen MR) is 94.7 cm³/mol. The maximum atomic E-state index is 12.0. The number of aromatic nitrogens is 2. The van der Waals surface area contributed by atoms with E-state index in [9.17, 15) is 4.79 Å². The number of amides is 1. The number of nitrogens with one attached hydrogen (secondary N) is 1. The molecule has 1 N–H and O–H groups in total. The first-order valence-corrected chi connectivity index (χ1v) is 8.04. The minimum atomic E-state index is -0.139. The first-order valence-electron chi connectivity index (χ1n) is 7.67. The molecule has 7 heteroatoms. The van der Waals surface area contributed by atoms with Gasteiger partial charge in [-0.05, 0) is 36.4 Å². The standard InChI is InChI=1S/C18H16ClN3O3/c1-24-15-5-3-2-4-14(15)18-22-21-17(25-18)11-10-16(23)20-13-8-6-12(19)7-9-13/h2-9H,10-11H2,1H3,(H,20,23). The summed E-state index contributed by atoms with van der Waals surface area (Å²) in [6, 6.07) is 14.3. The molecule has 6 nitrogen and oxygen atoms in total. The number of carbonyl (C=O) groups excluding carboxylic acids is 1. The zero-order valence-corrected chi connectivity index (χ0v) is 14.3. The quantitative estimate of drug-likeness (QED) is 0.722. The molecule has 0 bridgehead atoms. The Kier molecular flexibility index (Phi) is 5.30. The highest BCUT2D eigenvalue weighted by atomic mass is 35.5. The Hall–Kier alpha value is -2.86. The fourth-order valence-electron chi connectivity index (χ4n) is 2.26. The first-order chi connectivity index (χ1) is 12.2. The van der Waals surface area contributed by atoms with E-state index in [1.54, 1.807) is 31.4 Å². The average molecular weight is 358 g/mol. The maximum Gasteiger partial charge on any atom is 0.251 e. The molecule has 0 unspecified atom stereocenters. The van der Waals surface area contributed by atoms with E-state index in [1.165, 1.54) is 0 Å². The van der Waals surface area contributed by atoms with Crippen LogP contribution in [0.4, 0.5) is 5.69 Å². The Morgan fingerprint density at radius 1 is 1.16 bits per heavy atom.